The summed E-state index contributed by atoms with van der Waals surface area (Å²) in [5.41, 5.74) is 0.743. The number of allylic oxidation sites excluding steroid dienone is 1. The molecule has 8 atom stereocenters. The quantitative estimate of drug-likeness (QED) is 0.695. The van der Waals surface area contributed by atoms with Crippen molar-refractivity contribution in [3.05, 3.63) is 11.6 Å². The molecule has 0 bridgehead atoms. The fourth-order valence-corrected chi connectivity index (χ4v) is 6.49. The predicted octanol–water partition coefficient (Wildman–Crippen LogP) is 2.05. The number of aliphatic hydroxyl groups excluding tert-OH is 1. The van der Waals surface area contributed by atoms with E-state index in [-0.39, 0.29) is 34.9 Å². The topological polar surface area (TPSA) is 66.9 Å². The highest BCUT2D eigenvalue weighted by Gasteiger charge is 2.65. The Hall–Kier alpha value is -1.00. The second-order valence-corrected chi connectivity index (χ2v) is 8.86. The minimum absolute atomic E-state index is 0.00344. The van der Waals surface area contributed by atoms with E-state index in [1.165, 1.54) is 5.57 Å². The first-order valence-electron chi connectivity index (χ1n) is 9.00. The molecule has 1 saturated heterocycles. The molecule has 3 saturated carbocycles. The fraction of sp³-hybridized carbons (Fsp3) is 0.789. The Morgan fingerprint density at radius 2 is 1.87 bits per heavy atom. The first kappa shape index (κ1) is 14.4. The van der Waals surface area contributed by atoms with Gasteiger partial charge in [-0.3, -0.25) is 9.59 Å². The Balaban J connectivity index is 1.60. The van der Waals surface area contributed by atoms with Crippen molar-refractivity contribution in [1.82, 2.24) is 0 Å². The van der Waals surface area contributed by atoms with Crippen LogP contribution in [0.3, 0.4) is 0 Å². The number of aliphatic hydroxyl groups is 1. The van der Waals surface area contributed by atoms with Crippen LogP contribution in [0, 0.1) is 28.6 Å². The first-order chi connectivity index (χ1) is 10.9. The zero-order valence-corrected chi connectivity index (χ0v) is 13.7. The molecular formula is C19H24O4. The number of carbonyl (C=O) groups is 2. The van der Waals surface area contributed by atoms with Crippen LogP contribution in [0.1, 0.15) is 46.0 Å². The van der Waals surface area contributed by atoms with E-state index in [0.29, 0.717) is 18.4 Å². The second kappa shape index (κ2) is 4.15. The van der Waals surface area contributed by atoms with Gasteiger partial charge in [-0.2, -0.15) is 0 Å². The van der Waals surface area contributed by atoms with Crippen LogP contribution in [0.25, 0.3) is 0 Å². The van der Waals surface area contributed by atoms with E-state index < -0.39 is 11.5 Å². The molecule has 0 aromatic heterocycles. The third kappa shape index (κ3) is 1.59. The molecule has 1 N–H and O–H groups in total. The van der Waals surface area contributed by atoms with E-state index >= 15 is 0 Å². The standard InChI is InChI=1S/C19H24O4/c1-18-6-4-14-16(23-14)11(18)8-12(20)15-9(18)3-5-19(2)10(15)7-13(21)17(19)22/h8-10,13-16,21H,3-7H2,1-2H3/t9-,10-,13+,14+,15+,16-,18+,19-/m0/s1. The number of rotatable bonds is 0. The summed E-state index contributed by atoms with van der Waals surface area (Å²) in [6.45, 7) is 4.28. The predicted molar refractivity (Wildman–Crippen MR) is 82.5 cm³/mol. The van der Waals surface area contributed by atoms with Gasteiger partial charge >= 0.3 is 0 Å². The molecule has 5 aliphatic rings. The summed E-state index contributed by atoms with van der Waals surface area (Å²) in [6, 6.07) is 0. The summed E-state index contributed by atoms with van der Waals surface area (Å²) >= 11 is 0. The molecule has 0 aromatic rings. The van der Waals surface area contributed by atoms with E-state index in [4.69, 9.17) is 4.74 Å². The molecule has 23 heavy (non-hydrogen) atoms. The Morgan fingerprint density at radius 1 is 1.13 bits per heavy atom. The third-order valence-corrected chi connectivity index (χ3v) is 7.94. The van der Waals surface area contributed by atoms with Crippen LogP contribution in [0.2, 0.25) is 0 Å². The summed E-state index contributed by atoms with van der Waals surface area (Å²) in [7, 11) is 0. The maximum atomic E-state index is 13.0. The van der Waals surface area contributed by atoms with Gasteiger partial charge in [0.05, 0.1) is 6.10 Å². The fourth-order valence-electron chi connectivity index (χ4n) is 6.49. The number of hydrogen-bond donors (Lipinski definition) is 1. The monoisotopic (exact) mass is 316 g/mol. The molecular weight excluding hydrogens is 292 g/mol. The van der Waals surface area contributed by atoms with Crippen LogP contribution in [-0.4, -0.2) is 35.0 Å². The summed E-state index contributed by atoms with van der Waals surface area (Å²) in [5.74, 6) is 0.346. The maximum absolute atomic E-state index is 13.0. The highest BCUT2D eigenvalue weighted by molar-refractivity contribution is 5.98. The molecule has 0 spiro atoms. The lowest BCUT2D eigenvalue weighted by Crippen LogP contribution is -2.53. The number of fused-ring (bicyclic) bond motifs is 7. The number of carbonyl (C=O) groups excluding carboxylic acids is 2. The number of ether oxygens (including phenoxy) is 1. The molecule has 1 heterocycles. The summed E-state index contributed by atoms with van der Waals surface area (Å²) in [5, 5.41) is 10.1. The highest BCUT2D eigenvalue weighted by Crippen LogP contribution is 2.65. The third-order valence-electron chi connectivity index (χ3n) is 7.94. The minimum atomic E-state index is -0.878. The van der Waals surface area contributed by atoms with Crippen LogP contribution in [0.5, 0.6) is 0 Å². The Labute approximate surface area is 136 Å². The Kier molecular flexibility index (Phi) is 2.59. The van der Waals surface area contributed by atoms with Gasteiger partial charge in [-0.25, -0.2) is 0 Å². The summed E-state index contributed by atoms with van der Waals surface area (Å²) in [4.78, 5) is 25.4. The van der Waals surface area contributed by atoms with Crippen LogP contribution in [-0.2, 0) is 14.3 Å². The SMILES string of the molecule is C[C@]12CC[C@H]3O[C@H]3C1=CC(=O)[C@@H]1[C@@H]2CC[C@]2(C)C(=O)[C@H](O)C[C@@H]12. The van der Waals surface area contributed by atoms with Gasteiger partial charge in [-0.1, -0.05) is 13.8 Å². The average Bonchev–Trinajstić information content (AvgIpc) is 3.25. The van der Waals surface area contributed by atoms with Crippen molar-refractivity contribution in [2.24, 2.45) is 28.6 Å². The molecule has 124 valence electrons. The lowest BCUT2D eigenvalue weighted by Gasteiger charge is -2.54. The number of epoxide rings is 1. The van der Waals surface area contributed by atoms with Crippen LogP contribution >= 0.6 is 0 Å². The zero-order chi connectivity index (χ0) is 16.1. The molecule has 0 unspecified atom stereocenters. The van der Waals surface area contributed by atoms with E-state index in [1.807, 2.05) is 13.0 Å². The number of ketones is 2. The first-order valence-corrected chi connectivity index (χ1v) is 9.00. The molecule has 0 amide bonds. The van der Waals surface area contributed by atoms with Crippen LogP contribution in [0.15, 0.2) is 11.6 Å². The van der Waals surface area contributed by atoms with Gasteiger partial charge in [0.1, 0.15) is 12.2 Å². The smallest absolute Gasteiger partial charge is 0.167 e. The molecule has 0 radical (unpaired) electrons. The number of hydrogen-bond acceptors (Lipinski definition) is 4. The highest BCUT2D eigenvalue weighted by atomic mass is 16.6. The largest absolute Gasteiger partial charge is 0.385 e. The van der Waals surface area contributed by atoms with Gasteiger partial charge in [0.15, 0.2) is 11.6 Å². The molecule has 4 fully saturated rings. The zero-order valence-electron chi connectivity index (χ0n) is 13.7. The van der Waals surface area contributed by atoms with Crippen LogP contribution in [0.4, 0.5) is 0 Å². The van der Waals surface area contributed by atoms with Gasteiger partial charge in [-0.05, 0) is 61.0 Å². The Bertz CT molecular complexity index is 652. The molecule has 4 heteroatoms. The van der Waals surface area contributed by atoms with Crippen molar-refractivity contribution in [3.8, 4) is 0 Å². The minimum Gasteiger partial charge on any atom is -0.385 e. The second-order valence-electron chi connectivity index (χ2n) is 8.86. The van der Waals surface area contributed by atoms with Gasteiger partial charge in [-0.15, -0.1) is 0 Å². The van der Waals surface area contributed by atoms with Gasteiger partial charge in [0.2, 0.25) is 0 Å². The summed E-state index contributed by atoms with van der Waals surface area (Å²) in [6.07, 6.45) is 5.82. The van der Waals surface area contributed by atoms with Crippen molar-refractivity contribution < 1.29 is 19.4 Å². The Morgan fingerprint density at radius 3 is 2.65 bits per heavy atom. The normalized spacial score (nSPS) is 57.1. The van der Waals surface area contributed by atoms with E-state index in [0.717, 1.165) is 25.7 Å². The molecule has 5 rings (SSSR count). The maximum Gasteiger partial charge on any atom is 0.167 e. The lowest BCUT2D eigenvalue weighted by atomic mass is 9.48. The van der Waals surface area contributed by atoms with Gasteiger partial charge in [0.25, 0.3) is 0 Å². The molecule has 4 nitrogen and oxygen atoms in total. The van der Waals surface area contributed by atoms with Crippen molar-refractivity contribution in [2.45, 2.75) is 64.3 Å². The van der Waals surface area contributed by atoms with Gasteiger partial charge in [0, 0.05) is 11.3 Å². The average molecular weight is 316 g/mol. The van der Waals surface area contributed by atoms with Crippen molar-refractivity contribution >= 4 is 11.6 Å². The number of Topliss-reactive ketones (excluding diaryl/α,β-unsaturated/α-hetero) is 1. The van der Waals surface area contributed by atoms with E-state index in [9.17, 15) is 14.7 Å². The molecule has 0 aromatic carbocycles. The molecule has 4 aliphatic carbocycles. The van der Waals surface area contributed by atoms with Crippen molar-refractivity contribution in [3.63, 3.8) is 0 Å². The van der Waals surface area contributed by atoms with Crippen molar-refractivity contribution in [1.29, 1.82) is 0 Å². The van der Waals surface area contributed by atoms with Crippen LogP contribution < -0.4 is 0 Å². The van der Waals surface area contributed by atoms with Crippen molar-refractivity contribution in [2.75, 3.05) is 0 Å². The van der Waals surface area contributed by atoms with Gasteiger partial charge < -0.3 is 9.84 Å². The molecule has 1 aliphatic heterocycles. The summed E-state index contributed by atoms with van der Waals surface area (Å²) < 4.78 is 5.77. The lowest BCUT2D eigenvalue weighted by molar-refractivity contribution is -0.141. The van der Waals surface area contributed by atoms with E-state index in [1.54, 1.807) is 0 Å². The van der Waals surface area contributed by atoms with E-state index in [2.05, 4.69) is 6.92 Å².